The number of nitrogens with zero attached hydrogens (tertiary/aromatic N) is 4. The molecule has 2 N–H and O–H groups in total. The number of thiazole rings is 1. The molecule has 0 aliphatic rings. The average molecular weight is 358 g/mol. The first kappa shape index (κ1) is 17.0. The zero-order valence-electron chi connectivity index (χ0n) is 14.3. The molecule has 0 fully saturated rings. The quantitative estimate of drug-likeness (QED) is 0.530. The third-order valence-corrected chi connectivity index (χ3v) is 4.20. The van der Waals surface area contributed by atoms with Gasteiger partial charge in [0.05, 0.1) is 15.1 Å². The highest BCUT2D eigenvalue weighted by Gasteiger charge is 2.26. The van der Waals surface area contributed by atoms with E-state index in [4.69, 9.17) is 0 Å². The van der Waals surface area contributed by atoms with Crippen LogP contribution in [0.25, 0.3) is 10.2 Å². The van der Waals surface area contributed by atoms with E-state index in [0.29, 0.717) is 5.13 Å². The van der Waals surface area contributed by atoms with Crippen LogP contribution < -0.4 is 10.6 Å². The van der Waals surface area contributed by atoms with Crippen molar-refractivity contribution in [2.24, 2.45) is 0 Å². The van der Waals surface area contributed by atoms with E-state index in [9.17, 15) is 10.1 Å². The molecule has 2 heterocycles. The van der Waals surface area contributed by atoms with E-state index >= 15 is 0 Å². The molecular weight excluding hydrogens is 340 g/mol. The standard InChI is InChI=1S/C16H18N6O2S/c1-9-5-6-10-11(7-9)25-15(19-10)20-13-12(22(23)24)14(18-8-17-13)21-16(2,3)4/h5-8H,1-4H3,(H2,17,18,19,20,21). The smallest absolute Gasteiger partial charge is 0.353 e. The van der Waals surface area contributed by atoms with Gasteiger partial charge in [0.2, 0.25) is 11.6 Å². The Hall–Kier alpha value is -2.81. The van der Waals surface area contributed by atoms with Crippen molar-refractivity contribution in [3.63, 3.8) is 0 Å². The first-order chi connectivity index (χ1) is 11.7. The zero-order valence-corrected chi connectivity index (χ0v) is 15.1. The third-order valence-electron chi connectivity index (χ3n) is 3.27. The lowest BCUT2D eigenvalue weighted by atomic mass is 10.1. The van der Waals surface area contributed by atoms with Gasteiger partial charge < -0.3 is 10.6 Å². The van der Waals surface area contributed by atoms with Gasteiger partial charge >= 0.3 is 5.69 Å². The van der Waals surface area contributed by atoms with Gasteiger partial charge in [0.25, 0.3) is 0 Å². The highest BCUT2D eigenvalue weighted by atomic mass is 32.1. The van der Waals surface area contributed by atoms with Crippen molar-refractivity contribution in [3.8, 4) is 0 Å². The Morgan fingerprint density at radius 1 is 1.20 bits per heavy atom. The molecule has 8 nitrogen and oxygen atoms in total. The number of anilines is 3. The largest absolute Gasteiger partial charge is 0.360 e. The minimum atomic E-state index is -0.492. The van der Waals surface area contributed by atoms with Crippen LogP contribution in [0.5, 0.6) is 0 Å². The molecule has 0 saturated heterocycles. The van der Waals surface area contributed by atoms with E-state index in [-0.39, 0.29) is 22.9 Å². The lowest BCUT2D eigenvalue weighted by Gasteiger charge is -2.21. The summed E-state index contributed by atoms with van der Waals surface area (Å²) in [4.78, 5) is 23.6. The summed E-state index contributed by atoms with van der Waals surface area (Å²) in [5.74, 6) is 0.287. The van der Waals surface area contributed by atoms with Gasteiger partial charge in [-0.1, -0.05) is 17.4 Å². The number of nitro groups is 1. The second kappa shape index (κ2) is 6.25. The van der Waals surface area contributed by atoms with Gasteiger partial charge in [0.15, 0.2) is 5.13 Å². The molecule has 0 aliphatic carbocycles. The number of aromatic nitrogens is 3. The lowest BCUT2D eigenvalue weighted by molar-refractivity contribution is -0.383. The molecule has 3 rings (SSSR count). The molecule has 2 aromatic heterocycles. The van der Waals surface area contributed by atoms with Gasteiger partial charge in [0.1, 0.15) is 6.33 Å². The molecule has 0 spiro atoms. The van der Waals surface area contributed by atoms with Crippen molar-refractivity contribution in [1.29, 1.82) is 0 Å². The van der Waals surface area contributed by atoms with Gasteiger partial charge in [-0.15, -0.1) is 0 Å². The fourth-order valence-electron chi connectivity index (χ4n) is 2.28. The molecule has 0 amide bonds. The Bertz CT molecular complexity index is 947. The van der Waals surface area contributed by atoms with Crippen molar-refractivity contribution in [3.05, 3.63) is 40.2 Å². The molecule has 130 valence electrons. The summed E-state index contributed by atoms with van der Waals surface area (Å²) >= 11 is 1.42. The second-order valence-electron chi connectivity index (χ2n) is 6.67. The molecule has 0 aliphatic heterocycles. The molecule has 3 aromatic rings. The van der Waals surface area contributed by atoms with E-state index in [1.165, 1.54) is 17.7 Å². The average Bonchev–Trinajstić information content (AvgIpc) is 2.86. The SMILES string of the molecule is Cc1ccc2nc(Nc3ncnc(NC(C)(C)C)c3[N+](=O)[O-])sc2c1. The summed E-state index contributed by atoms with van der Waals surface area (Å²) in [6.07, 6.45) is 1.29. The molecule has 0 bridgehead atoms. The van der Waals surface area contributed by atoms with Crippen LogP contribution in [0.1, 0.15) is 26.3 Å². The molecular formula is C16H18N6O2S. The Morgan fingerprint density at radius 2 is 1.92 bits per heavy atom. The Labute approximate surface area is 148 Å². The van der Waals surface area contributed by atoms with E-state index < -0.39 is 4.92 Å². The Morgan fingerprint density at radius 3 is 2.60 bits per heavy atom. The van der Waals surface area contributed by atoms with E-state index in [0.717, 1.165) is 15.8 Å². The number of rotatable bonds is 4. The first-order valence-electron chi connectivity index (χ1n) is 7.65. The number of benzene rings is 1. The molecule has 25 heavy (non-hydrogen) atoms. The monoisotopic (exact) mass is 358 g/mol. The van der Waals surface area contributed by atoms with Crippen LogP contribution in [0.4, 0.5) is 22.5 Å². The summed E-state index contributed by atoms with van der Waals surface area (Å²) in [6.45, 7) is 7.72. The highest BCUT2D eigenvalue weighted by molar-refractivity contribution is 7.22. The van der Waals surface area contributed by atoms with Crippen molar-refractivity contribution in [2.45, 2.75) is 33.2 Å². The predicted molar refractivity (Wildman–Crippen MR) is 99.7 cm³/mol. The fourth-order valence-corrected chi connectivity index (χ4v) is 3.24. The molecule has 0 atom stereocenters. The van der Waals surface area contributed by atoms with Crippen molar-refractivity contribution >= 4 is 44.0 Å². The molecule has 0 saturated carbocycles. The highest BCUT2D eigenvalue weighted by Crippen LogP contribution is 2.35. The van der Waals surface area contributed by atoms with Crippen LogP contribution in [-0.2, 0) is 0 Å². The van der Waals surface area contributed by atoms with Crippen molar-refractivity contribution in [1.82, 2.24) is 15.0 Å². The molecule has 9 heteroatoms. The van der Waals surface area contributed by atoms with Crippen molar-refractivity contribution in [2.75, 3.05) is 10.6 Å². The summed E-state index contributed by atoms with van der Waals surface area (Å²) in [5.41, 5.74) is 1.40. The van der Waals surface area contributed by atoms with Crippen molar-refractivity contribution < 1.29 is 4.92 Å². The van der Waals surface area contributed by atoms with Crippen LogP contribution >= 0.6 is 11.3 Å². The third kappa shape index (κ3) is 3.82. The number of hydrogen-bond donors (Lipinski definition) is 2. The predicted octanol–water partition coefficient (Wildman–Crippen LogP) is 4.26. The minimum Gasteiger partial charge on any atom is -0.360 e. The van der Waals surface area contributed by atoms with Gasteiger partial charge in [-0.2, -0.15) is 0 Å². The van der Waals surface area contributed by atoms with E-state index in [2.05, 4.69) is 25.6 Å². The molecule has 0 unspecified atom stereocenters. The summed E-state index contributed by atoms with van der Waals surface area (Å²) < 4.78 is 1.01. The number of hydrogen-bond acceptors (Lipinski definition) is 8. The number of nitrogens with one attached hydrogen (secondary N) is 2. The Kier molecular flexibility index (Phi) is 4.25. The summed E-state index contributed by atoms with van der Waals surface area (Å²) in [5, 5.41) is 18.1. The van der Waals surface area contributed by atoms with Gasteiger partial charge in [-0.05, 0) is 45.4 Å². The summed E-state index contributed by atoms with van der Waals surface area (Å²) in [7, 11) is 0. The van der Waals surface area contributed by atoms with Gasteiger partial charge in [-0.25, -0.2) is 15.0 Å². The van der Waals surface area contributed by atoms with Crippen LogP contribution in [0.15, 0.2) is 24.5 Å². The lowest BCUT2D eigenvalue weighted by Crippen LogP contribution is -2.27. The Balaban J connectivity index is 2.00. The molecule has 0 radical (unpaired) electrons. The molecule has 1 aromatic carbocycles. The normalized spacial score (nSPS) is 11.5. The number of aryl methyl sites for hydroxylation is 1. The number of fused-ring (bicyclic) bond motifs is 1. The van der Waals surface area contributed by atoms with Crippen LogP contribution in [0, 0.1) is 17.0 Å². The minimum absolute atomic E-state index is 0.113. The van der Waals surface area contributed by atoms with Crippen LogP contribution in [0.2, 0.25) is 0 Å². The summed E-state index contributed by atoms with van der Waals surface area (Å²) in [6, 6.07) is 5.93. The fraction of sp³-hybridized carbons (Fsp3) is 0.312. The maximum Gasteiger partial charge on any atom is 0.353 e. The first-order valence-corrected chi connectivity index (χ1v) is 8.46. The topological polar surface area (TPSA) is 106 Å². The maximum atomic E-state index is 11.6. The van der Waals surface area contributed by atoms with Crippen LogP contribution in [0.3, 0.4) is 0 Å². The van der Waals surface area contributed by atoms with Gasteiger partial charge in [0, 0.05) is 5.54 Å². The van der Waals surface area contributed by atoms with Crippen LogP contribution in [-0.4, -0.2) is 25.4 Å². The maximum absolute atomic E-state index is 11.6. The zero-order chi connectivity index (χ0) is 18.2. The van der Waals surface area contributed by atoms with E-state index in [1.807, 2.05) is 45.9 Å². The van der Waals surface area contributed by atoms with Gasteiger partial charge in [-0.3, -0.25) is 10.1 Å². The van der Waals surface area contributed by atoms with E-state index in [1.54, 1.807) is 0 Å². The second-order valence-corrected chi connectivity index (χ2v) is 7.70.